The lowest BCUT2D eigenvalue weighted by Crippen LogP contribution is -2.36. The van der Waals surface area contributed by atoms with Gasteiger partial charge in [0.25, 0.3) is 0 Å². The van der Waals surface area contributed by atoms with Crippen molar-refractivity contribution in [2.45, 2.75) is 18.7 Å². The van der Waals surface area contributed by atoms with Crippen LogP contribution in [0.4, 0.5) is 0 Å². The normalized spacial score (nSPS) is 11.5. The molecule has 0 radical (unpaired) electrons. The maximum absolute atomic E-state index is 12.2. The molecule has 18 heavy (non-hydrogen) atoms. The van der Waals surface area contributed by atoms with Crippen LogP contribution >= 0.6 is 0 Å². The Bertz CT molecular complexity index is 484. The fraction of sp³-hybridized carbons (Fsp3) is 0.417. The van der Waals surface area contributed by atoms with Gasteiger partial charge in [0, 0.05) is 6.54 Å². The number of benzene rings is 1. The van der Waals surface area contributed by atoms with E-state index in [1.54, 1.807) is 32.0 Å². The van der Waals surface area contributed by atoms with Gasteiger partial charge in [-0.1, -0.05) is 25.1 Å². The summed E-state index contributed by atoms with van der Waals surface area (Å²) in [6.07, 6.45) is 0. The van der Waals surface area contributed by atoms with Gasteiger partial charge in [0.1, 0.15) is 6.54 Å². The molecule has 0 N–H and O–H groups in total. The molecule has 0 aromatic heterocycles. The monoisotopic (exact) mass is 271 g/mol. The summed E-state index contributed by atoms with van der Waals surface area (Å²) in [5.41, 5.74) is 0. The number of esters is 1. The second-order valence-corrected chi connectivity index (χ2v) is 5.49. The van der Waals surface area contributed by atoms with Crippen LogP contribution in [0.15, 0.2) is 35.2 Å². The molecule has 1 aromatic rings. The van der Waals surface area contributed by atoms with E-state index in [1.165, 1.54) is 12.1 Å². The molecule has 0 aliphatic carbocycles. The Morgan fingerprint density at radius 1 is 1.22 bits per heavy atom. The highest BCUT2D eigenvalue weighted by Crippen LogP contribution is 2.14. The quantitative estimate of drug-likeness (QED) is 0.731. The van der Waals surface area contributed by atoms with Gasteiger partial charge < -0.3 is 4.74 Å². The standard InChI is InChI=1S/C12H17NO4S/c1-3-13(10-12(14)17-4-2)18(15,16)11-8-6-5-7-9-11/h5-9H,3-4,10H2,1-2H3. The van der Waals surface area contributed by atoms with E-state index in [0.29, 0.717) is 0 Å². The second kappa shape index (κ2) is 6.51. The molecule has 0 amide bonds. The maximum atomic E-state index is 12.2. The summed E-state index contributed by atoms with van der Waals surface area (Å²) in [6.45, 7) is 3.55. The van der Waals surface area contributed by atoms with E-state index >= 15 is 0 Å². The largest absolute Gasteiger partial charge is 0.465 e. The lowest BCUT2D eigenvalue weighted by atomic mass is 10.4. The van der Waals surface area contributed by atoms with Crippen molar-refractivity contribution in [2.75, 3.05) is 19.7 Å². The minimum atomic E-state index is -3.63. The van der Waals surface area contributed by atoms with Crippen molar-refractivity contribution < 1.29 is 17.9 Å². The molecule has 1 rings (SSSR count). The number of nitrogens with zero attached hydrogens (tertiary/aromatic N) is 1. The summed E-state index contributed by atoms with van der Waals surface area (Å²) in [4.78, 5) is 11.5. The Morgan fingerprint density at radius 2 is 1.83 bits per heavy atom. The van der Waals surface area contributed by atoms with Crippen LogP contribution in [-0.4, -0.2) is 38.4 Å². The van der Waals surface area contributed by atoms with Gasteiger partial charge in [0.05, 0.1) is 11.5 Å². The van der Waals surface area contributed by atoms with E-state index in [0.717, 1.165) is 4.31 Å². The molecule has 0 spiro atoms. The lowest BCUT2D eigenvalue weighted by Gasteiger charge is -2.19. The van der Waals surface area contributed by atoms with Crippen LogP contribution in [0.25, 0.3) is 0 Å². The molecule has 0 atom stereocenters. The molecule has 0 saturated carbocycles. The smallest absolute Gasteiger partial charge is 0.321 e. The molecular formula is C12H17NO4S. The van der Waals surface area contributed by atoms with E-state index in [1.807, 2.05) is 0 Å². The van der Waals surface area contributed by atoms with Crippen LogP contribution < -0.4 is 0 Å². The Balaban J connectivity index is 2.91. The third kappa shape index (κ3) is 3.54. The number of hydrogen-bond donors (Lipinski definition) is 0. The van der Waals surface area contributed by atoms with Gasteiger partial charge >= 0.3 is 5.97 Å². The molecule has 0 bridgehead atoms. The number of sulfonamides is 1. The first kappa shape index (κ1) is 14.7. The molecule has 0 aliphatic rings. The van der Waals surface area contributed by atoms with Crippen LogP contribution in [0.2, 0.25) is 0 Å². The summed E-state index contributed by atoms with van der Waals surface area (Å²) < 4.78 is 30.3. The van der Waals surface area contributed by atoms with Crippen molar-refractivity contribution in [1.82, 2.24) is 4.31 Å². The first-order valence-corrected chi connectivity index (χ1v) is 7.17. The first-order valence-electron chi connectivity index (χ1n) is 5.73. The number of rotatable bonds is 6. The summed E-state index contributed by atoms with van der Waals surface area (Å²) in [6, 6.07) is 8.03. The zero-order chi connectivity index (χ0) is 13.6. The zero-order valence-electron chi connectivity index (χ0n) is 10.5. The van der Waals surface area contributed by atoms with Crippen molar-refractivity contribution in [1.29, 1.82) is 0 Å². The Kier molecular flexibility index (Phi) is 5.30. The van der Waals surface area contributed by atoms with Crippen molar-refractivity contribution in [3.8, 4) is 0 Å². The van der Waals surface area contributed by atoms with Crippen LogP contribution in [-0.2, 0) is 19.6 Å². The van der Waals surface area contributed by atoms with Gasteiger partial charge in [-0.25, -0.2) is 8.42 Å². The molecule has 5 nitrogen and oxygen atoms in total. The molecule has 6 heteroatoms. The Hall–Kier alpha value is -1.40. The highest BCUT2D eigenvalue weighted by atomic mass is 32.2. The highest BCUT2D eigenvalue weighted by Gasteiger charge is 2.25. The van der Waals surface area contributed by atoms with E-state index in [-0.39, 0.29) is 24.6 Å². The molecule has 0 fully saturated rings. The minimum Gasteiger partial charge on any atom is -0.465 e. The molecule has 0 saturated heterocycles. The first-order chi connectivity index (χ1) is 8.52. The van der Waals surface area contributed by atoms with Gasteiger partial charge in [-0.05, 0) is 19.1 Å². The van der Waals surface area contributed by atoms with E-state index in [2.05, 4.69) is 0 Å². The van der Waals surface area contributed by atoms with E-state index < -0.39 is 16.0 Å². The lowest BCUT2D eigenvalue weighted by molar-refractivity contribution is -0.143. The zero-order valence-corrected chi connectivity index (χ0v) is 11.3. The molecular weight excluding hydrogens is 254 g/mol. The summed E-state index contributed by atoms with van der Waals surface area (Å²) in [7, 11) is -3.63. The molecule has 100 valence electrons. The van der Waals surface area contributed by atoms with E-state index in [9.17, 15) is 13.2 Å². The minimum absolute atomic E-state index is 0.177. The number of carbonyl (C=O) groups excluding carboxylic acids is 1. The van der Waals surface area contributed by atoms with Gasteiger partial charge in [-0.3, -0.25) is 4.79 Å². The number of likely N-dealkylation sites (N-methyl/N-ethyl adjacent to an activating group) is 1. The number of hydrogen-bond acceptors (Lipinski definition) is 4. The van der Waals surface area contributed by atoms with Gasteiger partial charge in [0.15, 0.2) is 0 Å². The Morgan fingerprint density at radius 3 is 2.33 bits per heavy atom. The van der Waals surface area contributed by atoms with Crippen LogP contribution in [0.3, 0.4) is 0 Å². The fourth-order valence-electron chi connectivity index (χ4n) is 1.46. The number of carbonyl (C=O) groups is 1. The van der Waals surface area contributed by atoms with Crippen molar-refractivity contribution in [3.05, 3.63) is 30.3 Å². The fourth-order valence-corrected chi connectivity index (χ4v) is 2.87. The second-order valence-electron chi connectivity index (χ2n) is 3.55. The SMILES string of the molecule is CCOC(=O)CN(CC)S(=O)(=O)c1ccccc1. The number of ether oxygens (including phenoxy) is 1. The molecule has 0 unspecified atom stereocenters. The molecule has 1 aromatic carbocycles. The third-order valence-corrected chi connectivity index (χ3v) is 4.28. The van der Waals surface area contributed by atoms with Crippen LogP contribution in [0, 0.1) is 0 Å². The van der Waals surface area contributed by atoms with Gasteiger partial charge in [0.2, 0.25) is 10.0 Å². The van der Waals surface area contributed by atoms with Crippen molar-refractivity contribution in [2.24, 2.45) is 0 Å². The predicted octanol–water partition coefficient (Wildman–Crippen LogP) is 1.26. The predicted molar refractivity (Wildman–Crippen MR) is 67.5 cm³/mol. The van der Waals surface area contributed by atoms with E-state index in [4.69, 9.17) is 4.74 Å². The summed E-state index contributed by atoms with van der Waals surface area (Å²) in [5, 5.41) is 0. The topological polar surface area (TPSA) is 63.7 Å². The highest BCUT2D eigenvalue weighted by molar-refractivity contribution is 7.89. The summed E-state index contributed by atoms with van der Waals surface area (Å²) in [5.74, 6) is -0.543. The van der Waals surface area contributed by atoms with Gasteiger partial charge in [-0.2, -0.15) is 4.31 Å². The van der Waals surface area contributed by atoms with Gasteiger partial charge in [-0.15, -0.1) is 0 Å². The molecule has 0 heterocycles. The molecule has 0 aliphatic heterocycles. The summed E-state index contributed by atoms with van der Waals surface area (Å²) >= 11 is 0. The van der Waals surface area contributed by atoms with Crippen LogP contribution in [0.5, 0.6) is 0 Å². The maximum Gasteiger partial charge on any atom is 0.321 e. The van der Waals surface area contributed by atoms with Crippen molar-refractivity contribution >= 4 is 16.0 Å². The third-order valence-electron chi connectivity index (χ3n) is 2.34. The van der Waals surface area contributed by atoms with Crippen LogP contribution in [0.1, 0.15) is 13.8 Å². The van der Waals surface area contributed by atoms with Crippen molar-refractivity contribution in [3.63, 3.8) is 0 Å². The average molecular weight is 271 g/mol. The Labute approximate surface area is 107 Å². The average Bonchev–Trinajstić information content (AvgIpc) is 2.37.